The highest BCUT2D eigenvalue weighted by Crippen LogP contribution is 2.26. The minimum atomic E-state index is -0.678. The van der Waals surface area contributed by atoms with Crippen LogP contribution in [-0.4, -0.2) is 9.78 Å². The van der Waals surface area contributed by atoms with Gasteiger partial charge in [0.1, 0.15) is 11.6 Å². The summed E-state index contributed by atoms with van der Waals surface area (Å²) in [5, 5.41) is 6.88. The van der Waals surface area contributed by atoms with Crippen LogP contribution in [0, 0.1) is 18.6 Å². The first-order chi connectivity index (χ1) is 7.99. The van der Waals surface area contributed by atoms with E-state index >= 15 is 0 Å². The molecule has 90 valence electrons. The fraction of sp³-hybridized carbons (Fsp3) is 0.182. The molecule has 3 N–H and O–H groups in total. The van der Waals surface area contributed by atoms with Crippen LogP contribution in [0.4, 0.5) is 26.0 Å². The Balaban J connectivity index is 2.38. The lowest BCUT2D eigenvalue weighted by atomic mass is 10.3. The van der Waals surface area contributed by atoms with Crippen molar-refractivity contribution in [2.75, 3.05) is 11.1 Å². The molecule has 4 nitrogen and oxygen atoms in total. The summed E-state index contributed by atoms with van der Waals surface area (Å²) >= 11 is 0. The van der Waals surface area contributed by atoms with E-state index in [0.29, 0.717) is 17.2 Å². The van der Waals surface area contributed by atoms with E-state index in [2.05, 4.69) is 10.4 Å². The van der Waals surface area contributed by atoms with Crippen LogP contribution in [0.15, 0.2) is 18.2 Å². The molecule has 0 unspecified atom stereocenters. The SMILES string of the molecule is Cc1nn(C)c(Nc2ccc(F)cc2F)c1N. The van der Waals surface area contributed by atoms with Gasteiger partial charge < -0.3 is 11.1 Å². The molecule has 2 aromatic rings. The summed E-state index contributed by atoms with van der Waals surface area (Å²) in [6.45, 7) is 1.75. The van der Waals surface area contributed by atoms with Crippen molar-refractivity contribution in [3.05, 3.63) is 35.5 Å². The van der Waals surface area contributed by atoms with E-state index in [4.69, 9.17) is 5.73 Å². The zero-order chi connectivity index (χ0) is 12.6. The summed E-state index contributed by atoms with van der Waals surface area (Å²) < 4.78 is 27.7. The monoisotopic (exact) mass is 238 g/mol. The molecular formula is C11H12F2N4. The fourth-order valence-electron chi connectivity index (χ4n) is 1.54. The number of anilines is 3. The van der Waals surface area contributed by atoms with Gasteiger partial charge in [-0.1, -0.05) is 0 Å². The Kier molecular flexibility index (Phi) is 2.71. The zero-order valence-corrected chi connectivity index (χ0v) is 9.46. The van der Waals surface area contributed by atoms with Gasteiger partial charge in [-0.2, -0.15) is 5.10 Å². The van der Waals surface area contributed by atoms with Gasteiger partial charge in [0.2, 0.25) is 0 Å². The Morgan fingerprint density at radius 2 is 2.06 bits per heavy atom. The van der Waals surface area contributed by atoms with Gasteiger partial charge in [-0.3, -0.25) is 4.68 Å². The number of hydrogen-bond donors (Lipinski definition) is 2. The molecular weight excluding hydrogens is 226 g/mol. The predicted molar refractivity (Wildman–Crippen MR) is 62.0 cm³/mol. The van der Waals surface area contributed by atoms with Gasteiger partial charge in [0.25, 0.3) is 0 Å². The molecule has 0 saturated carbocycles. The quantitative estimate of drug-likeness (QED) is 0.844. The smallest absolute Gasteiger partial charge is 0.152 e. The van der Waals surface area contributed by atoms with E-state index in [0.717, 1.165) is 6.07 Å². The Morgan fingerprint density at radius 1 is 1.35 bits per heavy atom. The first-order valence-electron chi connectivity index (χ1n) is 5.00. The third-order valence-corrected chi connectivity index (χ3v) is 2.45. The average molecular weight is 238 g/mol. The molecule has 17 heavy (non-hydrogen) atoms. The molecule has 0 fully saturated rings. The molecule has 0 atom stereocenters. The van der Waals surface area contributed by atoms with Gasteiger partial charge in [-0.15, -0.1) is 0 Å². The lowest BCUT2D eigenvalue weighted by Crippen LogP contribution is -2.03. The van der Waals surface area contributed by atoms with E-state index < -0.39 is 11.6 Å². The standard InChI is InChI=1S/C11H12F2N4/c1-6-10(14)11(17(2)16-6)15-9-4-3-7(12)5-8(9)13/h3-5,15H,14H2,1-2H3. The third kappa shape index (κ3) is 2.06. The van der Waals surface area contributed by atoms with Crippen LogP contribution >= 0.6 is 0 Å². The maximum Gasteiger partial charge on any atom is 0.152 e. The summed E-state index contributed by atoms with van der Waals surface area (Å²) in [4.78, 5) is 0. The fourth-order valence-corrected chi connectivity index (χ4v) is 1.54. The van der Waals surface area contributed by atoms with Crippen molar-refractivity contribution < 1.29 is 8.78 Å². The number of rotatable bonds is 2. The molecule has 1 aromatic carbocycles. The van der Waals surface area contributed by atoms with Gasteiger partial charge in [-0.25, -0.2) is 8.78 Å². The van der Waals surface area contributed by atoms with E-state index in [-0.39, 0.29) is 5.69 Å². The Bertz CT molecular complexity index is 563. The van der Waals surface area contributed by atoms with Crippen LogP contribution < -0.4 is 11.1 Å². The summed E-state index contributed by atoms with van der Waals surface area (Å²) in [7, 11) is 1.69. The highest BCUT2D eigenvalue weighted by Gasteiger charge is 2.12. The van der Waals surface area contributed by atoms with Crippen LogP contribution in [0.25, 0.3) is 0 Å². The first-order valence-corrected chi connectivity index (χ1v) is 5.00. The van der Waals surface area contributed by atoms with E-state index in [1.807, 2.05) is 0 Å². The summed E-state index contributed by atoms with van der Waals surface area (Å²) in [6.07, 6.45) is 0. The molecule has 0 spiro atoms. The third-order valence-electron chi connectivity index (χ3n) is 2.45. The van der Waals surface area contributed by atoms with Crippen molar-refractivity contribution in [3.63, 3.8) is 0 Å². The predicted octanol–water partition coefficient (Wildman–Crippen LogP) is 2.33. The van der Waals surface area contributed by atoms with Crippen molar-refractivity contribution in [1.82, 2.24) is 9.78 Å². The number of nitrogens with two attached hydrogens (primary N) is 1. The number of halogens is 2. The second-order valence-electron chi connectivity index (χ2n) is 3.72. The molecule has 0 aliphatic heterocycles. The first kappa shape index (κ1) is 11.4. The highest BCUT2D eigenvalue weighted by atomic mass is 19.1. The molecule has 0 aliphatic rings. The van der Waals surface area contributed by atoms with E-state index in [1.54, 1.807) is 14.0 Å². The lowest BCUT2D eigenvalue weighted by Gasteiger charge is -2.08. The maximum absolute atomic E-state index is 13.4. The molecule has 1 heterocycles. The molecule has 0 saturated heterocycles. The molecule has 0 amide bonds. The van der Waals surface area contributed by atoms with E-state index in [1.165, 1.54) is 16.8 Å². The second-order valence-corrected chi connectivity index (χ2v) is 3.72. The lowest BCUT2D eigenvalue weighted by molar-refractivity contribution is 0.586. The zero-order valence-electron chi connectivity index (χ0n) is 9.46. The van der Waals surface area contributed by atoms with E-state index in [9.17, 15) is 8.78 Å². The van der Waals surface area contributed by atoms with Crippen LogP contribution in [-0.2, 0) is 7.05 Å². The number of hydrogen-bond acceptors (Lipinski definition) is 3. The molecule has 1 aromatic heterocycles. The maximum atomic E-state index is 13.4. The Morgan fingerprint density at radius 3 is 2.59 bits per heavy atom. The number of nitrogen functional groups attached to an aromatic ring is 1. The topological polar surface area (TPSA) is 55.9 Å². The molecule has 0 bridgehead atoms. The van der Waals surface area contributed by atoms with Gasteiger partial charge >= 0.3 is 0 Å². The molecule has 6 heteroatoms. The number of benzene rings is 1. The molecule has 0 aliphatic carbocycles. The van der Waals surface area contributed by atoms with Crippen molar-refractivity contribution >= 4 is 17.2 Å². The summed E-state index contributed by atoms with van der Waals surface area (Å²) in [5.74, 6) is -0.821. The Labute approximate surface area is 97.0 Å². The van der Waals surface area contributed by atoms with Gasteiger partial charge in [-0.05, 0) is 19.1 Å². The van der Waals surface area contributed by atoms with Crippen LogP contribution in [0.5, 0.6) is 0 Å². The van der Waals surface area contributed by atoms with Crippen LogP contribution in [0.2, 0.25) is 0 Å². The Hall–Kier alpha value is -2.11. The normalized spacial score (nSPS) is 10.6. The summed E-state index contributed by atoms with van der Waals surface area (Å²) in [6, 6.07) is 3.29. The largest absolute Gasteiger partial charge is 0.394 e. The second kappa shape index (κ2) is 4.04. The van der Waals surface area contributed by atoms with Gasteiger partial charge in [0.05, 0.1) is 17.1 Å². The van der Waals surface area contributed by atoms with Crippen LogP contribution in [0.3, 0.4) is 0 Å². The van der Waals surface area contributed by atoms with Crippen molar-refractivity contribution in [3.8, 4) is 0 Å². The number of aromatic nitrogens is 2. The number of aryl methyl sites for hydroxylation is 2. The number of nitrogens with zero attached hydrogens (tertiary/aromatic N) is 2. The summed E-state index contributed by atoms with van der Waals surface area (Å²) in [5.41, 5.74) is 7.03. The minimum absolute atomic E-state index is 0.154. The van der Waals surface area contributed by atoms with Gasteiger partial charge in [0, 0.05) is 13.1 Å². The van der Waals surface area contributed by atoms with Gasteiger partial charge in [0.15, 0.2) is 5.82 Å². The molecule has 2 rings (SSSR count). The van der Waals surface area contributed by atoms with Crippen LogP contribution in [0.1, 0.15) is 5.69 Å². The minimum Gasteiger partial charge on any atom is -0.394 e. The molecule has 0 radical (unpaired) electrons. The number of nitrogens with one attached hydrogen (secondary N) is 1. The highest BCUT2D eigenvalue weighted by molar-refractivity contribution is 5.71. The van der Waals surface area contributed by atoms with Crippen molar-refractivity contribution in [2.24, 2.45) is 7.05 Å². The average Bonchev–Trinajstić information content (AvgIpc) is 2.48. The van der Waals surface area contributed by atoms with Crippen molar-refractivity contribution in [2.45, 2.75) is 6.92 Å². The van der Waals surface area contributed by atoms with Crippen molar-refractivity contribution in [1.29, 1.82) is 0 Å².